The Balaban J connectivity index is 2.87. The predicted molar refractivity (Wildman–Crippen MR) is 77.4 cm³/mol. The molecule has 17 heavy (non-hydrogen) atoms. The van der Waals surface area contributed by atoms with E-state index in [0.717, 1.165) is 17.1 Å². The number of benzene rings is 1. The van der Waals surface area contributed by atoms with E-state index >= 15 is 0 Å². The van der Waals surface area contributed by atoms with Gasteiger partial charge in [0.05, 0.1) is 0 Å². The van der Waals surface area contributed by atoms with E-state index in [4.69, 9.17) is 11.6 Å². The molecule has 0 atom stereocenters. The smallest absolute Gasteiger partial charge is 0.0478 e. The Morgan fingerprint density at radius 1 is 1.24 bits per heavy atom. The highest BCUT2D eigenvalue weighted by Gasteiger charge is 2.05. The number of halogens is 1. The molecule has 0 aliphatic carbocycles. The second-order valence-electron chi connectivity index (χ2n) is 4.93. The lowest BCUT2D eigenvalue weighted by Crippen LogP contribution is -2.26. The highest BCUT2D eigenvalue weighted by atomic mass is 35.5. The number of hydrogen-bond acceptors (Lipinski definition) is 1. The first-order chi connectivity index (χ1) is 8.00. The lowest BCUT2D eigenvalue weighted by Gasteiger charge is -2.15. The van der Waals surface area contributed by atoms with E-state index in [2.05, 4.69) is 45.2 Å². The van der Waals surface area contributed by atoms with Crippen LogP contribution in [0.3, 0.4) is 0 Å². The third kappa shape index (κ3) is 4.93. The molecule has 0 spiro atoms. The molecule has 94 valence electrons. The molecule has 0 heterocycles. The molecule has 0 aromatic heterocycles. The molecule has 1 aromatic rings. The van der Waals surface area contributed by atoms with Gasteiger partial charge in [0.15, 0.2) is 0 Å². The SMILES string of the molecule is CC(C)NCC(=Cc1ccccc1Cl)C(C)C. The molecular weight excluding hydrogens is 230 g/mol. The second-order valence-corrected chi connectivity index (χ2v) is 5.34. The van der Waals surface area contributed by atoms with Crippen LogP contribution in [0.15, 0.2) is 29.8 Å². The van der Waals surface area contributed by atoms with Crippen molar-refractivity contribution >= 4 is 17.7 Å². The summed E-state index contributed by atoms with van der Waals surface area (Å²) in [6, 6.07) is 8.47. The third-order valence-corrected chi connectivity index (χ3v) is 3.05. The number of rotatable bonds is 5. The zero-order valence-electron chi connectivity index (χ0n) is 11.1. The van der Waals surface area contributed by atoms with Gasteiger partial charge in [-0.05, 0) is 17.5 Å². The molecule has 1 aromatic carbocycles. The van der Waals surface area contributed by atoms with E-state index in [1.807, 2.05) is 18.2 Å². The van der Waals surface area contributed by atoms with Gasteiger partial charge in [0.25, 0.3) is 0 Å². The Bertz CT molecular complexity index is 380. The van der Waals surface area contributed by atoms with Crippen LogP contribution in [0.4, 0.5) is 0 Å². The largest absolute Gasteiger partial charge is 0.311 e. The summed E-state index contributed by atoms with van der Waals surface area (Å²) in [6.07, 6.45) is 2.20. The fourth-order valence-corrected chi connectivity index (χ4v) is 1.73. The highest BCUT2D eigenvalue weighted by Crippen LogP contribution is 2.20. The van der Waals surface area contributed by atoms with Crippen LogP contribution >= 0.6 is 11.6 Å². The van der Waals surface area contributed by atoms with Crippen LogP contribution in [-0.4, -0.2) is 12.6 Å². The lowest BCUT2D eigenvalue weighted by molar-refractivity contribution is 0.593. The average Bonchev–Trinajstić information content (AvgIpc) is 2.25. The van der Waals surface area contributed by atoms with Gasteiger partial charge >= 0.3 is 0 Å². The first kappa shape index (κ1) is 14.3. The summed E-state index contributed by atoms with van der Waals surface area (Å²) in [6.45, 7) is 9.66. The molecule has 0 saturated heterocycles. The summed E-state index contributed by atoms with van der Waals surface area (Å²) in [7, 11) is 0. The van der Waals surface area contributed by atoms with Crippen molar-refractivity contribution in [3.05, 3.63) is 40.4 Å². The van der Waals surface area contributed by atoms with E-state index in [9.17, 15) is 0 Å². The zero-order valence-corrected chi connectivity index (χ0v) is 11.9. The summed E-state index contributed by atoms with van der Waals surface area (Å²) in [5.41, 5.74) is 2.48. The number of hydrogen-bond donors (Lipinski definition) is 1. The van der Waals surface area contributed by atoms with Crippen LogP contribution in [0.5, 0.6) is 0 Å². The van der Waals surface area contributed by atoms with Gasteiger partial charge in [0.2, 0.25) is 0 Å². The minimum absolute atomic E-state index is 0.503. The molecular formula is C15H22ClN. The van der Waals surface area contributed by atoms with Crippen molar-refractivity contribution in [2.45, 2.75) is 33.7 Å². The first-order valence-corrected chi connectivity index (χ1v) is 6.57. The molecule has 2 heteroatoms. The average molecular weight is 252 g/mol. The lowest BCUT2D eigenvalue weighted by atomic mass is 10.00. The number of nitrogens with one attached hydrogen (secondary N) is 1. The molecule has 0 aliphatic heterocycles. The van der Waals surface area contributed by atoms with E-state index in [0.29, 0.717) is 12.0 Å². The molecule has 1 N–H and O–H groups in total. The van der Waals surface area contributed by atoms with Gasteiger partial charge in [-0.1, -0.05) is 69.1 Å². The van der Waals surface area contributed by atoms with Crippen molar-refractivity contribution in [3.8, 4) is 0 Å². The Labute approximate surface area is 110 Å². The van der Waals surface area contributed by atoms with E-state index in [-0.39, 0.29) is 0 Å². The van der Waals surface area contributed by atoms with Gasteiger partial charge in [-0.15, -0.1) is 0 Å². The molecule has 0 fully saturated rings. The normalized spacial score (nSPS) is 12.5. The quantitative estimate of drug-likeness (QED) is 0.819. The summed E-state index contributed by atoms with van der Waals surface area (Å²) >= 11 is 6.17. The minimum Gasteiger partial charge on any atom is -0.311 e. The van der Waals surface area contributed by atoms with Crippen LogP contribution in [0.25, 0.3) is 6.08 Å². The van der Waals surface area contributed by atoms with Crippen LogP contribution in [-0.2, 0) is 0 Å². The maximum atomic E-state index is 6.17. The van der Waals surface area contributed by atoms with Gasteiger partial charge in [-0.2, -0.15) is 0 Å². The molecule has 0 radical (unpaired) electrons. The summed E-state index contributed by atoms with van der Waals surface area (Å²) < 4.78 is 0. The Hall–Kier alpha value is -0.790. The Morgan fingerprint density at radius 3 is 2.41 bits per heavy atom. The second kappa shape index (κ2) is 6.83. The Morgan fingerprint density at radius 2 is 1.88 bits per heavy atom. The van der Waals surface area contributed by atoms with Gasteiger partial charge in [-0.25, -0.2) is 0 Å². The maximum absolute atomic E-state index is 6.17. The van der Waals surface area contributed by atoms with Gasteiger partial charge in [-0.3, -0.25) is 0 Å². The molecule has 0 unspecified atom stereocenters. The summed E-state index contributed by atoms with van der Waals surface area (Å²) in [4.78, 5) is 0. The van der Waals surface area contributed by atoms with E-state index < -0.39 is 0 Å². The standard InChI is InChI=1S/C15H22ClN/c1-11(2)14(10-17-12(3)4)9-13-7-5-6-8-15(13)16/h5-9,11-12,17H,10H2,1-4H3. The van der Waals surface area contributed by atoms with Crippen LogP contribution in [0.2, 0.25) is 5.02 Å². The minimum atomic E-state index is 0.503. The van der Waals surface area contributed by atoms with Crippen molar-refractivity contribution in [3.63, 3.8) is 0 Å². The van der Waals surface area contributed by atoms with Gasteiger partial charge in [0.1, 0.15) is 0 Å². The van der Waals surface area contributed by atoms with Crippen LogP contribution in [0.1, 0.15) is 33.3 Å². The third-order valence-electron chi connectivity index (χ3n) is 2.70. The Kier molecular flexibility index (Phi) is 5.73. The highest BCUT2D eigenvalue weighted by molar-refractivity contribution is 6.32. The molecule has 0 bridgehead atoms. The van der Waals surface area contributed by atoms with Crippen LogP contribution < -0.4 is 5.32 Å². The van der Waals surface area contributed by atoms with E-state index in [1.165, 1.54) is 5.57 Å². The monoisotopic (exact) mass is 251 g/mol. The molecule has 0 amide bonds. The van der Waals surface area contributed by atoms with Crippen LogP contribution in [0, 0.1) is 5.92 Å². The van der Waals surface area contributed by atoms with Gasteiger partial charge < -0.3 is 5.32 Å². The van der Waals surface area contributed by atoms with Crippen molar-refractivity contribution in [2.75, 3.05) is 6.54 Å². The van der Waals surface area contributed by atoms with Crippen molar-refractivity contribution in [1.29, 1.82) is 0 Å². The summed E-state index contributed by atoms with van der Waals surface area (Å²) in [5.74, 6) is 0.525. The van der Waals surface area contributed by atoms with Crippen molar-refractivity contribution < 1.29 is 0 Å². The molecule has 0 aliphatic rings. The molecule has 1 nitrogen and oxygen atoms in total. The molecule has 1 rings (SSSR count). The predicted octanol–water partition coefficient (Wildman–Crippen LogP) is 4.38. The van der Waals surface area contributed by atoms with Crippen molar-refractivity contribution in [1.82, 2.24) is 5.32 Å². The fraction of sp³-hybridized carbons (Fsp3) is 0.467. The topological polar surface area (TPSA) is 12.0 Å². The van der Waals surface area contributed by atoms with Gasteiger partial charge in [0, 0.05) is 17.6 Å². The fourth-order valence-electron chi connectivity index (χ4n) is 1.54. The summed E-state index contributed by atoms with van der Waals surface area (Å²) in [5, 5.41) is 4.27. The first-order valence-electron chi connectivity index (χ1n) is 6.19. The maximum Gasteiger partial charge on any atom is 0.0478 e. The zero-order chi connectivity index (χ0) is 12.8. The molecule has 0 saturated carbocycles. The van der Waals surface area contributed by atoms with E-state index in [1.54, 1.807) is 0 Å². The van der Waals surface area contributed by atoms with Crippen molar-refractivity contribution in [2.24, 2.45) is 5.92 Å².